The molecule has 0 amide bonds. The van der Waals surface area contributed by atoms with Crippen LogP contribution in [-0.4, -0.2) is 24.0 Å². The van der Waals surface area contributed by atoms with Gasteiger partial charge in [-0.2, -0.15) is 0 Å². The van der Waals surface area contributed by atoms with Crippen LogP contribution in [0.25, 0.3) is 17.1 Å². The van der Waals surface area contributed by atoms with Gasteiger partial charge < -0.3 is 9.47 Å². The SMILES string of the molecule is CC1=CC=C(c2ccc(C3=C/C(=C4/C=C(c5ccc(C)s5)OC4=O)C(=O)O3)s2)C2NSNC12. The van der Waals surface area contributed by atoms with Crippen LogP contribution in [0.2, 0.25) is 0 Å². The summed E-state index contributed by atoms with van der Waals surface area (Å²) in [5.41, 5.74) is 2.93. The van der Waals surface area contributed by atoms with Crippen molar-refractivity contribution < 1.29 is 19.1 Å². The summed E-state index contributed by atoms with van der Waals surface area (Å²) in [7, 11) is 0. The van der Waals surface area contributed by atoms with Gasteiger partial charge >= 0.3 is 11.9 Å². The summed E-state index contributed by atoms with van der Waals surface area (Å²) in [6.07, 6.45) is 7.55. The van der Waals surface area contributed by atoms with Gasteiger partial charge in [0.2, 0.25) is 0 Å². The average Bonchev–Trinajstić information content (AvgIpc) is 3.59. The van der Waals surface area contributed by atoms with Gasteiger partial charge in [0.15, 0.2) is 0 Å². The number of rotatable bonds is 3. The first-order valence-electron chi connectivity index (χ1n) is 10.3. The van der Waals surface area contributed by atoms with Crippen molar-refractivity contribution in [2.45, 2.75) is 25.9 Å². The molecule has 0 radical (unpaired) electrons. The van der Waals surface area contributed by atoms with Gasteiger partial charge in [-0.1, -0.05) is 17.7 Å². The van der Waals surface area contributed by atoms with E-state index in [1.54, 1.807) is 23.5 Å². The Morgan fingerprint density at radius 3 is 2.03 bits per heavy atom. The molecule has 0 aromatic carbocycles. The minimum absolute atomic E-state index is 0.182. The van der Waals surface area contributed by atoms with Crippen LogP contribution in [0, 0.1) is 6.92 Å². The number of hydrogen-bond donors (Lipinski definition) is 2. The first-order valence-corrected chi connectivity index (χ1v) is 12.8. The first kappa shape index (κ1) is 20.9. The van der Waals surface area contributed by atoms with E-state index < -0.39 is 11.9 Å². The lowest BCUT2D eigenvalue weighted by atomic mass is 9.89. The molecule has 0 saturated carbocycles. The molecule has 1 saturated heterocycles. The Balaban J connectivity index is 1.32. The maximum atomic E-state index is 12.6. The predicted molar refractivity (Wildman–Crippen MR) is 132 cm³/mol. The summed E-state index contributed by atoms with van der Waals surface area (Å²) in [6, 6.07) is 8.30. The smallest absolute Gasteiger partial charge is 0.344 e. The zero-order valence-electron chi connectivity index (χ0n) is 17.6. The minimum atomic E-state index is -0.541. The molecule has 2 unspecified atom stereocenters. The minimum Gasteiger partial charge on any atom is -0.421 e. The molecule has 6 rings (SSSR count). The van der Waals surface area contributed by atoms with Crippen LogP contribution in [-0.2, 0) is 19.1 Å². The Labute approximate surface area is 202 Å². The zero-order chi connectivity index (χ0) is 22.7. The number of carbonyl (C=O) groups excluding carboxylic acids is 2. The Hall–Kier alpha value is -2.69. The highest BCUT2D eigenvalue weighted by Crippen LogP contribution is 2.40. The van der Waals surface area contributed by atoms with Crippen molar-refractivity contribution >= 4 is 63.8 Å². The number of carbonyl (C=O) groups is 2. The highest BCUT2D eigenvalue weighted by atomic mass is 32.2. The maximum absolute atomic E-state index is 12.6. The molecule has 1 aliphatic carbocycles. The molecule has 0 bridgehead atoms. The molecule has 9 heteroatoms. The summed E-state index contributed by atoms with van der Waals surface area (Å²) >= 11 is 4.61. The molecule has 2 aromatic heterocycles. The van der Waals surface area contributed by atoms with Gasteiger partial charge in [0, 0.05) is 21.9 Å². The lowest BCUT2D eigenvalue weighted by Gasteiger charge is -2.24. The second-order valence-corrected chi connectivity index (χ2v) is 11.1. The van der Waals surface area contributed by atoms with E-state index in [0.717, 1.165) is 19.5 Å². The number of hydrogen-bond acceptors (Lipinski definition) is 9. The zero-order valence-corrected chi connectivity index (χ0v) is 20.1. The van der Waals surface area contributed by atoms with E-state index in [4.69, 9.17) is 9.47 Å². The monoisotopic (exact) mass is 494 g/mol. The van der Waals surface area contributed by atoms with E-state index in [9.17, 15) is 9.59 Å². The Morgan fingerprint density at radius 2 is 1.36 bits per heavy atom. The third-order valence-corrected chi connectivity index (χ3v) is 8.77. The molecule has 0 spiro atoms. The van der Waals surface area contributed by atoms with Crippen molar-refractivity contribution in [2.75, 3.05) is 0 Å². The molecule has 1 fully saturated rings. The van der Waals surface area contributed by atoms with Gasteiger partial charge in [0.25, 0.3) is 0 Å². The fourth-order valence-corrected chi connectivity index (χ4v) is 6.87. The fourth-order valence-electron chi connectivity index (χ4n) is 4.12. The average molecular weight is 495 g/mol. The topological polar surface area (TPSA) is 76.7 Å². The van der Waals surface area contributed by atoms with Crippen LogP contribution in [0.15, 0.2) is 65.3 Å². The Kier molecular flexibility index (Phi) is 5.04. The van der Waals surface area contributed by atoms with E-state index in [1.807, 2.05) is 31.2 Å². The van der Waals surface area contributed by atoms with Crippen molar-refractivity contribution in [1.82, 2.24) is 9.44 Å². The van der Waals surface area contributed by atoms with Gasteiger partial charge in [-0.15, -0.1) is 22.7 Å². The normalized spacial score (nSPS) is 26.5. The quantitative estimate of drug-likeness (QED) is 0.362. The molecule has 166 valence electrons. The number of fused-ring (bicyclic) bond motifs is 1. The molecule has 2 aromatic rings. The van der Waals surface area contributed by atoms with Gasteiger partial charge in [-0.05, 0) is 55.8 Å². The fraction of sp³-hybridized carbons (Fsp3) is 0.167. The first-order chi connectivity index (χ1) is 16.0. The van der Waals surface area contributed by atoms with Crippen molar-refractivity contribution in [1.29, 1.82) is 0 Å². The molecule has 33 heavy (non-hydrogen) atoms. The van der Waals surface area contributed by atoms with Crippen molar-refractivity contribution in [3.8, 4) is 0 Å². The molecule has 6 nitrogen and oxygen atoms in total. The van der Waals surface area contributed by atoms with Crippen LogP contribution in [0.1, 0.15) is 26.4 Å². The van der Waals surface area contributed by atoms with Crippen LogP contribution < -0.4 is 9.44 Å². The molecule has 2 atom stereocenters. The highest BCUT2D eigenvalue weighted by molar-refractivity contribution is 7.95. The lowest BCUT2D eigenvalue weighted by Crippen LogP contribution is -2.36. The summed E-state index contributed by atoms with van der Waals surface area (Å²) < 4.78 is 17.8. The second-order valence-electron chi connectivity index (χ2n) is 8.02. The van der Waals surface area contributed by atoms with Crippen molar-refractivity contribution in [2.24, 2.45) is 0 Å². The van der Waals surface area contributed by atoms with Gasteiger partial charge in [0.1, 0.15) is 11.5 Å². The standard InChI is InChI=1S/C24H18N2O4S3/c1-11-3-5-13(22-21(11)25-33-26-22)18-7-8-20(32-18)17-10-15(24(28)30-17)14-9-16(29-23(14)27)19-6-4-12(2)31-19/h3-10,21-22,25-26H,1-2H3/b15-14+. The number of cyclic esters (lactones) is 2. The lowest BCUT2D eigenvalue weighted by molar-refractivity contribution is -0.133. The summed E-state index contributed by atoms with van der Waals surface area (Å²) in [4.78, 5) is 29.0. The number of nitrogens with one attached hydrogen (secondary N) is 2. The van der Waals surface area contributed by atoms with Crippen LogP contribution in [0.4, 0.5) is 0 Å². The maximum Gasteiger partial charge on any atom is 0.344 e. The van der Waals surface area contributed by atoms with Gasteiger partial charge in [-0.25, -0.2) is 19.0 Å². The highest BCUT2D eigenvalue weighted by Gasteiger charge is 2.36. The van der Waals surface area contributed by atoms with Gasteiger partial charge in [0.05, 0.1) is 33.0 Å². The number of esters is 2. The number of aryl methyl sites for hydroxylation is 1. The third-order valence-electron chi connectivity index (χ3n) is 5.86. The Bertz CT molecular complexity index is 1370. The third kappa shape index (κ3) is 3.56. The van der Waals surface area contributed by atoms with Crippen LogP contribution >= 0.6 is 34.8 Å². The number of thiophene rings is 2. The van der Waals surface area contributed by atoms with E-state index in [1.165, 1.54) is 34.6 Å². The van der Waals surface area contributed by atoms with E-state index in [0.29, 0.717) is 11.5 Å². The molecule has 4 aliphatic rings. The molecule has 2 N–H and O–H groups in total. The van der Waals surface area contributed by atoms with Crippen LogP contribution in [0.3, 0.4) is 0 Å². The summed E-state index contributed by atoms with van der Waals surface area (Å²) in [5.74, 6) is -0.163. The largest absolute Gasteiger partial charge is 0.421 e. The van der Waals surface area contributed by atoms with E-state index in [2.05, 4.69) is 28.5 Å². The summed E-state index contributed by atoms with van der Waals surface area (Å²) in [5, 5.41) is 0. The number of allylic oxidation sites excluding steroid dienone is 2. The van der Waals surface area contributed by atoms with E-state index >= 15 is 0 Å². The molecule has 5 heterocycles. The van der Waals surface area contributed by atoms with Gasteiger partial charge in [-0.3, -0.25) is 0 Å². The second kappa shape index (κ2) is 7.96. The van der Waals surface area contributed by atoms with Crippen LogP contribution in [0.5, 0.6) is 0 Å². The summed E-state index contributed by atoms with van der Waals surface area (Å²) in [6.45, 7) is 4.11. The molecular weight excluding hydrogens is 476 g/mol. The Morgan fingerprint density at radius 1 is 0.758 bits per heavy atom. The van der Waals surface area contributed by atoms with Crippen molar-refractivity contribution in [3.63, 3.8) is 0 Å². The predicted octanol–water partition coefficient (Wildman–Crippen LogP) is 4.75. The van der Waals surface area contributed by atoms with Crippen molar-refractivity contribution in [3.05, 3.63) is 84.8 Å². The van der Waals surface area contributed by atoms with E-state index in [-0.39, 0.29) is 23.2 Å². The molecule has 3 aliphatic heterocycles. The number of ether oxygens (including phenoxy) is 2. The molecular formula is C24H18N2O4S3.